The third kappa shape index (κ3) is 5.59. The molecule has 6 nitrogen and oxygen atoms in total. The number of aryl methyl sites for hydroxylation is 1. The molecule has 0 bridgehead atoms. The number of benzene rings is 2. The average Bonchev–Trinajstić information content (AvgIpc) is 3.14. The molecular weight excluding hydrogens is 362 g/mol. The molecule has 2 aromatic carbocycles. The molecule has 0 saturated carbocycles. The zero-order valence-electron chi connectivity index (χ0n) is 15.3. The van der Waals surface area contributed by atoms with Crippen molar-refractivity contribution in [3.63, 3.8) is 0 Å². The number of thioether (sulfide) groups is 1. The maximum Gasteiger partial charge on any atom is 0.322 e. The second kappa shape index (κ2) is 9.23. The molecule has 0 radical (unpaired) electrons. The van der Waals surface area contributed by atoms with Gasteiger partial charge in [0.05, 0.1) is 7.11 Å². The Morgan fingerprint density at radius 2 is 1.85 bits per heavy atom. The maximum absolute atomic E-state index is 12.0. The summed E-state index contributed by atoms with van der Waals surface area (Å²) in [5.41, 5.74) is 1.98. The van der Waals surface area contributed by atoms with Gasteiger partial charge in [0.1, 0.15) is 5.75 Å². The monoisotopic (exact) mass is 383 g/mol. The van der Waals surface area contributed by atoms with Crippen LogP contribution in [0.25, 0.3) is 11.5 Å². The van der Waals surface area contributed by atoms with E-state index in [1.54, 1.807) is 18.9 Å². The lowest BCUT2D eigenvalue weighted by atomic mass is 10.1. The van der Waals surface area contributed by atoms with Gasteiger partial charge in [-0.3, -0.25) is 10.1 Å². The van der Waals surface area contributed by atoms with Gasteiger partial charge >= 0.3 is 6.01 Å². The summed E-state index contributed by atoms with van der Waals surface area (Å²) in [4.78, 5) is 13.2. The van der Waals surface area contributed by atoms with Gasteiger partial charge in [0.25, 0.3) is 0 Å². The Balaban J connectivity index is 1.42. The van der Waals surface area contributed by atoms with E-state index < -0.39 is 0 Å². The van der Waals surface area contributed by atoms with Crippen LogP contribution in [-0.4, -0.2) is 29.0 Å². The van der Waals surface area contributed by atoms with Gasteiger partial charge < -0.3 is 9.15 Å². The van der Waals surface area contributed by atoms with Crippen molar-refractivity contribution in [1.29, 1.82) is 0 Å². The number of aromatic nitrogens is 2. The number of anilines is 1. The van der Waals surface area contributed by atoms with Crippen LogP contribution >= 0.6 is 11.8 Å². The van der Waals surface area contributed by atoms with Gasteiger partial charge in [-0.1, -0.05) is 22.8 Å². The fourth-order valence-corrected chi connectivity index (χ4v) is 3.22. The van der Waals surface area contributed by atoms with Crippen molar-refractivity contribution < 1.29 is 13.9 Å². The van der Waals surface area contributed by atoms with Gasteiger partial charge in [0.15, 0.2) is 0 Å². The van der Waals surface area contributed by atoms with Crippen LogP contribution in [0.15, 0.2) is 57.8 Å². The molecule has 1 amide bonds. The summed E-state index contributed by atoms with van der Waals surface area (Å²) in [6, 6.07) is 15.8. The van der Waals surface area contributed by atoms with Crippen LogP contribution < -0.4 is 10.1 Å². The number of ether oxygens (including phenoxy) is 1. The minimum absolute atomic E-state index is 0.124. The standard InChI is InChI=1S/C20H21N3O3S/c1-14-5-7-15(8-6-14)19-22-23-20(26-19)21-18(24)4-3-13-27-17-11-9-16(25-2)10-12-17/h5-12H,3-4,13H2,1-2H3,(H,21,23,24). The zero-order chi connectivity index (χ0) is 19.1. The molecule has 0 unspecified atom stereocenters. The maximum atomic E-state index is 12.0. The van der Waals surface area contributed by atoms with E-state index in [-0.39, 0.29) is 11.9 Å². The molecule has 0 saturated heterocycles. The summed E-state index contributed by atoms with van der Waals surface area (Å²) < 4.78 is 10.6. The van der Waals surface area contributed by atoms with Crippen LogP contribution in [0.1, 0.15) is 18.4 Å². The minimum Gasteiger partial charge on any atom is -0.497 e. The summed E-state index contributed by atoms with van der Waals surface area (Å²) >= 11 is 1.70. The molecule has 0 aliphatic heterocycles. The highest BCUT2D eigenvalue weighted by Crippen LogP contribution is 2.23. The van der Waals surface area contributed by atoms with Crippen LogP contribution in [0, 0.1) is 6.92 Å². The summed E-state index contributed by atoms with van der Waals surface area (Å²) in [6.45, 7) is 2.01. The lowest BCUT2D eigenvalue weighted by molar-refractivity contribution is -0.116. The number of nitrogens with one attached hydrogen (secondary N) is 1. The number of hydrogen-bond donors (Lipinski definition) is 1. The predicted octanol–water partition coefficient (Wildman–Crippen LogP) is 4.56. The van der Waals surface area contributed by atoms with Crippen LogP contribution in [0.4, 0.5) is 6.01 Å². The van der Waals surface area contributed by atoms with E-state index in [4.69, 9.17) is 9.15 Å². The van der Waals surface area contributed by atoms with E-state index in [9.17, 15) is 4.79 Å². The Kier molecular flexibility index (Phi) is 6.49. The van der Waals surface area contributed by atoms with E-state index in [0.717, 1.165) is 33.9 Å². The molecule has 0 aliphatic rings. The molecule has 27 heavy (non-hydrogen) atoms. The lowest BCUT2D eigenvalue weighted by Crippen LogP contribution is -2.11. The van der Waals surface area contributed by atoms with Gasteiger partial charge in [-0.2, -0.15) is 0 Å². The molecular formula is C20H21N3O3S. The predicted molar refractivity (Wildman–Crippen MR) is 106 cm³/mol. The van der Waals surface area contributed by atoms with Crippen molar-refractivity contribution in [2.24, 2.45) is 0 Å². The van der Waals surface area contributed by atoms with E-state index >= 15 is 0 Å². The fourth-order valence-electron chi connectivity index (χ4n) is 2.36. The number of amides is 1. The second-order valence-electron chi connectivity index (χ2n) is 5.95. The van der Waals surface area contributed by atoms with Crippen LogP contribution in [0.2, 0.25) is 0 Å². The molecule has 0 aliphatic carbocycles. The summed E-state index contributed by atoms with van der Waals surface area (Å²) in [5, 5.41) is 10.5. The number of nitrogens with zero attached hydrogens (tertiary/aromatic N) is 2. The quantitative estimate of drug-likeness (QED) is 0.454. The summed E-state index contributed by atoms with van der Waals surface area (Å²) in [7, 11) is 1.65. The molecule has 0 atom stereocenters. The van der Waals surface area contributed by atoms with Gasteiger partial charge in [-0.25, -0.2) is 0 Å². The Morgan fingerprint density at radius 1 is 1.11 bits per heavy atom. The van der Waals surface area contributed by atoms with E-state index in [1.807, 2.05) is 55.5 Å². The van der Waals surface area contributed by atoms with Crippen molar-refractivity contribution in [3.05, 3.63) is 54.1 Å². The van der Waals surface area contributed by atoms with Gasteiger partial charge in [-0.05, 0) is 55.5 Å². The molecule has 140 valence electrons. The highest BCUT2D eigenvalue weighted by Gasteiger charge is 2.11. The van der Waals surface area contributed by atoms with E-state index in [1.165, 1.54) is 0 Å². The first kappa shape index (κ1) is 19.0. The zero-order valence-corrected chi connectivity index (χ0v) is 16.1. The molecule has 1 N–H and O–H groups in total. The normalized spacial score (nSPS) is 10.6. The first-order chi connectivity index (χ1) is 13.1. The number of rotatable bonds is 8. The SMILES string of the molecule is COc1ccc(SCCCC(=O)Nc2nnc(-c3ccc(C)cc3)o2)cc1. The van der Waals surface area contributed by atoms with E-state index in [0.29, 0.717) is 12.3 Å². The second-order valence-corrected chi connectivity index (χ2v) is 7.12. The van der Waals surface area contributed by atoms with Crippen molar-refractivity contribution in [2.45, 2.75) is 24.7 Å². The lowest BCUT2D eigenvalue weighted by Gasteiger charge is -2.03. The van der Waals surface area contributed by atoms with Gasteiger partial charge in [-0.15, -0.1) is 16.9 Å². The Morgan fingerprint density at radius 3 is 2.56 bits per heavy atom. The molecule has 1 aromatic heterocycles. The molecule has 0 fully saturated rings. The van der Waals surface area contributed by atoms with E-state index in [2.05, 4.69) is 15.5 Å². The van der Waals surface area contributed by atoms with Crippen molar-refractivity contribution in [1.82, 2.24) is 10.2 Å². The topological polar surface area (TPSA) is 77.2 Å². The third-order valence-corrected chi connectivity index (χ3v) is 4.94. The molecule has 3 aromatic rings. The first-order valence-corrected chi connectivity index (χ1v) is 9.60. The highest BCUT2D eigenvalue weighted by atomic mass is 32.2. The van der Waals surface area contributed by atoms with Crippen molar-refractivity contribution >= 4 is 23.7 Å². The van der Waals surface area contributed by atoms with Crippen LogP contribution in [0.5, 0.6) is 5.75 Å². The largest absolute Gasteiger partial charge is 0.497 e. The third-order valence-electron chi connectivity index (χ3n) is 3.85. The number of hydrogen-bond acceptors (Lipinski definition) is 6. The molecule has 3 rings (SSSR count). The number of methoxy groups -OCH3 is 1. The first-order valence-electron chi connectivity index (χ1n) is 8.61. The Bertz CT molecular complexity index is 876. The highest BCUT2D eigenvalue weighted by molar-refractivity contribution is 7.99. The van der Waals surface area contributed by atoms with Crippen LogP contribution in [-0.2, 0) is 4.79 Å². The summed E-state index contributed by atoms with van der Waals surface area (Å²) in [6.07, 6.45) is 1.15. The molecule has 0 spiro atoms. The summed E-state index contributed by atoms with van der Waals surface area (Å²) in [5.74, 6) is 1.94. The fraction of sp³-hybridized carbons (Fsp3) is 0.250. The van der Waals surface area contributed by atoms with Crippen LogP contribution in [0.3, 0.4) is 0 Å². The molecule has 7 heteroatoms. The van der Waals surface area contributed by atoms with Gasteiger partial charge in [0, 0.05) is 16.9 Å². The van der Waals surface area contributed by atoms with Crippen molar-refractivity contribution in [3.8, 4) is 17.2 Å². The van der Waals surface area contributed by atoms with Gasteiger partial charge in [0.2, 0.25) is 11.8 Å². The molecule has 1 heterocycles. The Hall–Kier alpha value is -2.80. The smallest absolute Gasteiger partial charge is 0.322 e. The average molecular weight is 383 g/mol. The number of carbonyl (C=O) groups excluding carboxylic acids is 1. The minimum atomic E-state index is -0.135. The Labute approximate surface area is 162 Å². The van der Waals surface area contributed by atoms with Crippen molar-refractivity contribution in [2.75, 3.05) is 18.2 Å². The number of carbonyl (C=O) groups is 1.